The number of hydrogen-bond donors (Lipinski definition) is 0. The summed E-state index contributed by atoms with van der Waals surface area (Å²) in [7, 11) is 0. The zero-order valence-corrected chi connectivity index (χ0v) is 7.90. The Kier molecular flexibility index (Phi) is 2.54. The molecular formula is C9H13NO4. The zero-order chi connectivity index (χ0) is 10.0. The van der Waals surface area contributed by atoms with Gasteiger partial charge in [0.15, 0.2) is 0 Å². The van der Waals surface area contributed by atoms with Gasteiger partial charge in [0.05, 0.1) is 13.2 Å². The number of esters is 1. The van der Waals surface area contributed by atoms with Crippen LogP contribution < -0.4 is 0 Å². The summed E-state index contributed by atoms with van der Waals surface area (Å²) in [4.78, 5) is 12.9. The first kappa shape index (κ1) is 9.64. The lowest BCUT2D eigenvalue weighted by Gasteiger charge is -2.26. The Balaban J connectivity index is 1.94. The molecule has 0 N–H and O–H groups in total. The molecule has 0 unspecified atom stereocenters. The molecule has 0 aromatic rings. The molecule has 2 aliphatic rings. The van der Waals surface area contributed by atoms with E-state index in [-0.39, 0.29) is 5.54 Å². The summed E-state index contributed by atoms with van der Waals surface area (Å²) >= 11 is 0. The first-order chi connectivity index (χ1) is 6.77. The first-order valence-electron chi connectivity index (χ1n) is 4.47. The van der Waals surface area contributed by atoms with E-state index in [1.54, 1.807) is 0 Å². The van der Waals surface area contributed by atoms with Gasteiger partial charge in [-0.1, -0.05) is 6.58 Å². The lowest BCUT2D eigenvalue weighted by Crippen LogP contribution is -2.47. The minimum atomic E-state index is -0.405. The van der Waals surface area contributed by atoms with Crippen LogP contribution in [0.3, 0.4) is 0 Å². The second kappa shape index (κ2) is 3.68. The van der Waals surface area contributed by atoms with Crippen molar-refractivity contribution in [1.82, 2.24) is 4.90 Å². The Morgan fingerprint density at radius 3 is 2.71 bits per heavy atom. The van der Waals surface area contributed by atoms with Crippen molar-refractivity contribution in [2.24, 2.45) is 0 Å². The molecule has 0 atom stereocenters. The predicted octanol–water partition coefficient (Wildman–Crippen LogP) is -0.268. The molecule has 0 radical (unpaired) electrons. The van der Waals surface area contributed by atoms with E-state index in [9.17, 15) is 4.79 Å². The fraction of sp³-hybridized carbons (Fsp3) is 0.667. The molecule has 0 amide bonds. The fourth-order valence-electron chi connectivity index (χ4n) is 1.67. The molecule has 2 aliphatic heterocycles. The number of carbonyl (C=O) groups is 1. The smallest absolute Gasteiger partial charge is 0.330 e. The summed E-state index contributed by atoms with van der Waals surface area (Å²) in [5.74, 6) is -0.405. The second-order valence-electron chi connectivity index (χ2n) is 3.53. The Morgan fingerprint density at radius 2 is 2.14 bits per heavy atom. The highest BCUT2D eigenvalue weighted by Crippen LogP contribution is 2.28. The van der Waals surface area contributed by atoms with Crippen LogP contribution in [-0.2, 0) is 19.0 Å². The summed E-state index contributed by atoms with van der Waals surface area (Å²) in [5, 5.41) is 0. The molecule has 0 aromatic heterocycles. The Bertz CT molecular complexity index is 243. The number of fused-ring (bicyclic) bond motifs is 1. The van der Waals surface area contributed by atoms with Gasteiger partial charge in [0.25, 0.3) is 0 Å². The van der Waals surface area contributed by atoms with E-state index in [0.717, 1.165) is 6.08 Å². The second-order valence-corrected chi connectivity index (χ2v) is 3.53. The molecule has 2 rings (SSSR count). The molecule has 2 heterocycles. The van der Waals surface area contributed by atoms with E-state index >= 15 is 0 Å². The van der Waals surface area contributed by atoms with Crippen LogP contribution in [0.4, 0.5) is 0 Å². The quantitative estimate of drug-likeness (QED) is 0.462. The van der Waals surface area contributed by atoms with Gasteiger partial charge < -0.3 is 14.2 Å². The van der Waals surface area contributed by atoms with Crippen molar-refractivity contribution in [2.45, 2.75) is 5.54 Å². The molecule has 0 saturated carbocycles. The summed E-state index contributed by atoms with van der Waals surface area (Å²) in [5.41, 5.74) is -0.265. The molecular weight excluding hydrogens is 186 g/mol. The highest BCUT2D eigenvalue weighted by Gasteiger charge is 2.47. The van der Waals surface area contributed by atoms with E-state index in [1.165, 1.54) is 0 Å². The minimum Gasteiger partial charge on any atom is -0.460 e. The minimum absolute atomic E-state index is 0.265. The Hall–Kier alpha value is -0.910. The SMILES string of the molecule is C=CC(=O)OCC12COCN1COC2. The molecule has 0 aromatic carbocycles. The Labute approximate surface area is 82.2 Å². The van der Waals surface area contributed by atoms with Crippen LogP contribution in [0.25, 0.3) is 0 Å². The van der Waals surface area contributed by atoms with Crippen LogP contribution in [0.5, 0.6) is 0 Å². The van der Waals surface area contributed by atoms with Crippen molar-refractivity contribution in [3.8, 4) is 0 Å². The van der Waals surface area contributed by atoms with Gasteiger partial charge in [-0.3, -0.25) is 0 Å². The molecule has 2 saturated heterocycles. The monoisotopic (exact) mass is 199 g/mol. The van der Waals surface area contributed by atoms with Gasteiger partial charge in [0.2, 0.25) is 0 Å². The van der Waals surface area contributed by atoms with Crippen LogP contribution in [0.1, 0.15) is 0 Å². The highest BCUT2D eigenvalue weighted by molar-refractivity contribution is 5.81. The topological polar surface area (TPSA) is 48.0 Å². The van der Waals surface area contributed by atoms with E-state index in [4.69, 9.17) is 14.2 Å². The van der Waals surface area contributed by atoms with Gasteiger partial charge >= 0.3 is 5.97 Å². The molecule has 0 bridgehead atoms. The molecule has 0 spiro atoms. The third-order valence-electron chi connectivity index (χ3n) is 2.56. The van der Waals surface area contributed by atoms with Crippen molar-refractivity contribution in [3.63, 3.8) is 0 Å². The number of nitrogens with zero attached hydrogens (tertiary/aromatic N) is 1. The molecule has 0 aliphatic carbocycles. The summed E-state index contributed by atoms with van der Waals surface area (Å²) < 4.78 is 15.6. The average Bonchev–Trinajstić information content (AvgIpc) is 2.72. The van der Waals surface area contributed by atoms with Crippen LogP contribution in [-0.4, -0.2) is 49.7 Å². The fourth-order valence-corrected chi connectivity index (χ4v) is 1.67. The largest absolute Gasteiger partial charge is 0.460 e. The third kappa shape index (κ3) is 1.54. The van der Waals surface area contributed by atoms with Crippen molar-refractivity contribution < 1.29 is 19.0 Å². The van der Waals surface area contributed by atoms with Crippen LogP contribution in [0.15, 0.2) is 12.7 Å². The van der Waals surface area contributed by atoms with Gasteiger partial charge in [0, 0.05) is 6.08 Å². The maximum absolute atomic E-state index is 10.9. The standard InChI is InChI=1S/C9H13NO4/c1-2-8(11)14-5-9-3-12-6-10(9)7-13-4-9/h2H,1,3-7H2. The van der Waals surface area contributed by atoms with Crippen LogP contribution >= 0.6 is 0 Å². The molecule has 5 nitrogen and oxygen atoms in total. The summed E-state index contributed by atoms with van der Waals surface area (Å²) in [6, 6.07) is 0. The third-order valence-corrected chi connectivity index (χ3v) is 2.56. The van der Waals surface area contributed by atoms with Gasteiger partial charge in [-0.25, -0.2) is 9.69 Å². The summed E-state index contributed by atoms with van der Waals surface area (Å²) in [6.07, 6.45) is 1.16. The number of hydrogen-bond acceptors (Lipinski definition) is 5. The summed E-state index contributed by atoms with van der Waals surface area (Å²) in [6.45, 7) is 5.84. The maximum atomic E-state index is 10.9. The van der Waals surface area contributed by atoms with Crippen molar-refractivity contribution in [1.29, 1.82) is 0 Å². The van der Waals surface area contributed by atoms with Crippen molar-refractivity contribution in [2.75, 3.05) is 33.3 Å². The first-order valence-corrected chi connectivity index (χ1v) is 4.47. The molecule has 78 valence electrons. The van der Waals surface area contributed by atoms with Crippen molar-refractivity contribution in [3.05, 3.63) is 12.7 Å². The number of rotatable bonds is 3. The highest BCUT2D eigenvalue weighted by atomic mass is 16.6. The predicted molar refractivity (Wildman–Crippen MR) is 47.4 cm³/mol. The lowest BCUT2D eigenvalue weighted by molar-refractivity contribution is -0.140. The van der Waals surface area contributed by atoms with Crippen molar-refractivity contribution >= 4 is 5.97 Å². The maximum Gasteiger partial charge on any atom is 0.330 e. The normalized spacial score (nSPS) is 24.6. The van der Waals surface area contributed by atoms with Gasteiger partial charge in [-0.05, 0) is 0 Å². The molecule has 2 fully saturated rings. The Morgan fingerprint density at radius 1 is 1.50 bits per heavy atom. The van der Waals surface area contributed by atoms with Crippen LogP contribution in [0.2, 0.25) is 0 Å². The van der Waals surface area contributed by atoms with Crippen LogP contribution in [0, 0.1) is 0 Å². The van der Waals surface area contributed by atoms with Gasteiger partial charge in [-0.2, -0.15) is 0 Å². The van der Waals surface area contributed by atoms with E-state index in [2.05, 4.69) is 6.58 Å². The molecule has 14 heavy (non-hydrogen) atoms. The number of ether oxygens (including phenoxy) is 3. The van der Waals surface area contributed by atoms with E-state index in [1.807, 2.05) is 4.90 Å². The average molecular weight is 199 g/mol. The van der Waals surface area contributed by atoms with E-state index in [0.29, 0.717) is 33.3 Å². The van der Waals surface area contributed by atoms with E-state index < -0.39 is 5.97 Å². The van der Waals surface area contributed by atoms with Gasteiger partial charge in [0.1, 0.15) is 25.6 Å². The molecule has 5 heteroatoms. The lowest BCUT2D eigenvalue weighted by atomic mass is 10.0. The number of carbonyl (C=O) groups excluding carboxylic acids is 1. The van der Waals surface area contributed by atoms with Gasteiger partial charge in [-0.15, -0.1) is 0 Å². The zero-order valence-electron chi connectivity index (χ0n) is 7.90.